The zero-order valence-corrected chi connectivity index (χ0v) is 21.2. The van der Waals surface area contributed by atoms with Crippen molar-refractivity contribution in [2.75, 3.05) is 20.2 Å². The van der Waals surface area contributed by atoms with Gasteiger partial charge in [0.05, 0.1) is 13.2 Å². The van der Waals surface area contributed by atoms with Gasteiger partial charge in [-0.15, -0.1) is 6.42 Å². The Morgan fingerprint density at radius 1 is 1.16 bits per heavy atom. The van der Waals surface area contributed by atoms with E-state index in [0.29, 0.717) is 5.56 Å². The van der Waals surface area contributed by atoms with Crippen molar-refractivity contribution in [1.29, 1.82) is 5.26 Å². The lowest BCUT2D eigenvalue weighted by Gasteiger charge is -2.32. The molecule has 0 fully saturated rings. The van der Waals surface area contributed by atoms with Gasteiger partial charge >= 0.3 is 12.1 Å². The second-order valence-electron chi connectivity index (χ2n) is 8.79. The minimum atomic E-state index is -1.40. The van der Waals surface area contributed by atoms with Crippen LogP contribution in [0.25, 0.3) is 0 Å². The maximum absolute atomic E-state index is 13.6. The second kappa shape index (κ2) is 14.1. The maximum Gasteiger partial charge on any atom is 0.408 e. The normalized spacial score (nSPS) is 12.1. The molecule has 4 amide bonds. The lowest BCUT2D eigenvalue weighted by Crippen LogP contribution is -2.53. The summed E-state index contributed by atoms with van der Waals surface area (Å²) in [6.45, 7) is 3.79. The highest BCUT2D eigenvalue weighted by Crippen LogP contribution is 2.24. The summed E-state index contributed by atoms with van der Waals surface area (Å²) in [6, 6.07) is 5.12. The molecule has 2 unspecified atom stereocenters. The number of carbonyl (C=O) groups is 5. The molecule has 0 saturated carbocycles. The van der Waals surface area contributed by atoms with Crippen molar-refractivity contribution in [3.8, 4) is 18.4 Å². The van der Waals surface area contributed by atoms with Crippen LogP contribution in [0, 0.1) is 23.7 Å². The molecule has 0 heterocycles. The van der Waals surface area contributed by atoms with Crippen LogP contribution >= 0.6 is 0 Å². The van der Waals surface area contributed by atoms with Crippen LogP contribution in [-0.2, 0) is 28.7 Å². The fourth-order valence-corrected chi connectivity index (χ4v) is 3.13. The van der Waals surface area contributed by atoms with Gasteiger partial charge in [-0.25, -0.2) is 4.79 Å². The molecule has 0 aromatic heterocycles. The topological polar surface area (TPSA) is 181 Å². The smallest absolute Gasteiger partial charge is 0.408 e. The number of nitriles is 1. The van der Waals surface area contributed by atoms with E-state index in [2.05, 4.69) is 21.3 Å². The number of primary amides is 1. The SMILES string of the molecule is C#Cc1ccc(C(C(=O)NCC(=O)OC)N(CC#N)C(=O)C(CCC(N)=O)NC(=O)OC(C)(C)C)cc1. The highest BCUT2D eigenvalue weighted by Gasteiger charge is 2.36. The number of alkyl carbamates (subject to hydrolysis) is 1. The summed E-state index contributed by atoms with van der Waals surface area (Å²) in [7, 11) is 1.14. The van der Waals surface area contributed by atoms with Gasteiger partial charge in [0.25, 0.3) is 0 Å². The quantitative estimate of drug-likeness (QED) is 0.217. The molecule has 0 aliphatic carbocycles. The molecule has 12 heteroatoms. The van der Waals surface area contributed by atoms with Crippen LogP contribution in [0.2, 0.25) is 0 Å². The lowest BCUT2D eigenvalue weighted by molar-refractivity contribution is -0.144. The van der Waals surface area contributed by atoms with Crippen LogP contribution in [0.3, 0.4) is 0 Å². The number of rotatable bonds is 11. The van der Waals surface area contributed by atoms with E-state index < -0.39 is 60.6 Å². The monoisotopic (exact) mass is 513 g/mol. The Hall–Kier alpha value is -4.58. The molecule has 0 radical (unpaired) electrons. The summed E-state index contributed by atoms with van der Waals surface area (Å²) >= 11 is 0. The molecule has 1 aromatic carbocycles. The van der Waals surface area contributed by atoms with Crippen molar-refractivity contribution in [2.24, 2.45) is 5.73 Å². The van der Waals surface area contributed by atoms with E-state index in [-0.39, 0.29) is 18.4 Å². The van der Waals surface area contributed by atoms with Gasteiger partial charge in [-0.3, -0.25) is 19.2 Å². The van der Waals surface area contributed by atoms with Crippen LogP contribution in [-0.4, -0.2) is 66.5 Å². The average molecular weight is 514 g/mol. The summed E-state index contributed by atoms with van der Waals surface area (Å²) in [6.07, 6.45) is 3.95. The molecule has 0 aliphatic rings. The number of amides is 4. The summed E-state index contributed by atoms with van der Waals surface area (Å²) in [5.74, 6) is -0.685. The van der Waals surface area contributed by atoms with E-state index in [0.717, 1.165) is 12.0 Å². The molecule has 1 rings (SSSR count). The molecule has 0 spiro atoms. The second-order valence-corrected chi connectivity index (χ2v) is 8.79. The number of esters is 1. The lowest BCUT2D eigenvalue weighted by atomic mass is 10.0. The van der Waals surface area contributed by atoms with E-state index >= 15 is 0 Å². The standard InChI is InChI=1S/C25H31N5O7/c1-6-16-7-9-17(10-8-16)21(22(33)28-15-20(32)36-5)30(14-13-26)23(34)18(11-12-19(27)31)29-24(35)37-25(2,3)4/h1,7-10,18,21H,11-12,14-15H2,2-5H3,(H2,27,31)(H,28,33)(H,29,35). The van der Waals surface area contributed by atoms with Gasteiger partial charge in [-0.1, -0.05) is 18.1 Å². The first-order chi connectivity index (χ1) is 17.3. The van der Waals surface area contributed by atoms with Gasteiger partial charge in [0.15, 0.2) is 0 Å². The first-order valence-electron chi connectivity index (χ1n) is 11.2. The first-order valence-corrected chi connectivity index (χ1v) is 11.2. The van der Waals surface area contributed by atoms with Crippen molar-refractivity contribution in [2.45, 2.75) is 51.3 Å². The van der Waals surface area contributed by atoms with Gasteiger partial charge in [-0.05, 0) is 44.9 Å². The van der Waals surface area contributed by atoms with E-state index in [1.807, 2.05) is 6.07 Å². The van der Waals surface area contributed by atoms with Crippen molar-refractivity contribution in [3.05, 3.63) is 35.4 Å². The van der Waals surface area contributed by atoms with Crippen LogP contribution in [0.4, 0.5) is 4.79 Å². The molecule has 4 N–H and O–H groups in total. The Labute approximate surface area is 215 Å². The Bertz CT molecular complexity index is 1080. The number of hydrogen-bond acceptors (Lipinski definition) is 8. The molecule has 12 nitrogen and oxygen atoms in total. The zero-order chi connectivity index (χ0) is 28.2. The van der Waals surface area contributed by atoms with Crippen molar-refractivity contribution in [1.82, 2.24) is 15.5 Å². The number of benzene rings is 1. The third-order valence-electron chi connectivity index (χ3n) is 4.78. The van der Waals surface area contributed by atoms with Gasteiger partial charge in [-0.2, -0.15) is 5.26 Å². The summed E-state index contributed by atoms with van der Waals surface area (Å²) in [5.41, 5.74) is 5.12. The zero-order valence-electron chi connectivity index (χ0n) is 21.2. The Morgan fingerprint density at radius 3 is 2.27 bits per heavy atom. The van der Waals surface area contributed by atoms with Crippen molar-refractivity contribution >= 4 is 29.8 Å². The van der Waals surface area contributed by atoms with Gasteiger partial charge < -0.3 is 30.7 Å². The number of nitrogens with zero attached hydrogens (tertiary/aromatic N) is 2. The van der Waals surface area contributed by atoms with Gasteiger partial charge in [0, 0.05) is 12.0 Å². The molecule has 37 heavy (non-hydrogen) atoms. The van der Waals surface area contributed by atoms with Crippen LogP contribution in [0.1, 0.15) is 50.8 Å². The van der Waals surface area contributed by atoms with Crippen LogP contribution in [0.5, 0.6) is 0 Å². The predicted octanol–water partition coefficient (Wildman–Crippen LogP) is 0.509. The van der Waals surface area contributed by atoms with Crippen LogP contribution in [0.15, 0.2) is 24.3 Å². The van der Waals surface area contributed by atoms with Crippen molar-refractivity contribution in [3.63, 3.8) is 0 Å². The highest BCUT2D eigenvalue weighted by molar-refractivity contribution is 5.93. The molecule has 0 aliphatic heterocycles. The predicted molar refractivity (Wildman–Crippen MR) is 131 cm³/mol. The third kappa shape index (κ3) is 10.3. The Kier molecular flexibility index (Phi) is 11.6. The van der Waals surface area contributed by atoms with Crippen molar-refractivity contribution < 1.29 is 33.4 Å². The fraction of sp³-hybridized carbons (Fsp3) is 0.440. The molecule has 0 saturated heterocycles. The molecular weight excluding hydrogens is 482 g/mol. The molecule has 0 bridgehead atoms. The number of methoxy groups -OCH3 is 1. The highest BCUT2D eigenvalue weighted by atomic mass is 16.6. The number of nitrogens with two attached hydrogens (primary N) is 1. The van der Waals surface area contributed by atoms with Gasteiger partial charge in [0.2, 0.25) is 17.7 Å². The number of ether oxygens (including phenoxy) is 2. The maximum atomic E-state index is 13.6. The molecule has 1 aromatic rings. The largest absolute Gasteiger partial charge is 0.468 e. The fourth-order valence-electron chi connectivity index (χ4n) is 3.13. The molecular formula is C25H31N5O7. The van der Waals surface area contributed by atoms with E-state index in [1.165, 1.54) is 24.3 Å². The number of nitrogens with one attached hydrogen (secondary N) is 2. The minimum absolute atomic E-state index is 0.220. The molecule has 2 atom stereocenters. The first kappa shape index (κ1) is 30.5. The summed E-state index contributed by atoms with van der Waals surface area (Å²) < 4.78 is 9.74. The number of terminal acetylenes is 1. The summed E-state index contributed by atoms with van der Waals surface area (Å²) in [5, 5.41) is 14.2. The number of hydrogen-bond donors (Lipinski definition) is 3. The van der Waals surface area contributed by atoms with E-state index in [4.69, 9.17) is 16.9 Å². The van der Waals surface area contributed by atoms with E-state index in [1.54, 1.807) is 20.8 Å². The minimum Gasteiger partial charge on any atom is -0.468 e. The molecule has 198 valence electrons. The number of carbonyl (C=O) groups excluding carboxylic acids is 5. The van der Waals surface area contributed by atoms with Gasteiger partial charge in [0.1, 0.15) is 30.8 Å². The average Bonchev–Trinajstić information content (AvgIpc) is 2.83. The Morgan fingerprint density at radius 2 is 1.78 bits per heavy atom. The van der Waals surface area contributed by atoms with E-state index in [9.17, 15) is 29.2 Å². The van der Waals surface area contributed by atoms with Crippen LogP contribution < -0.4 is 16.4 Å². The summed E-state index contributed by atoms with van der Waals surface area (Å²) in [4.78, 5) is 63.2. The Balaban J connectivity index is 3.46. The third-order valence-corrected chi connectivity index (χ3v) is 4.78.